The van der Waals surface area contributed by atoms with E-state index in [0.717, 1.165) is 11.8 Å². The summed E-state index contributed by atoms with van der Waals surface area (Å²) in [5, 5.41) is 3.55. The highest BCUT2D eigenvalue weighted by atomic mass is 14.9. The van der Waals surface area contributed by atoms with Crippen LogP contribution in [0.4, 0.5) is 0 Å². The van der Waals surface area contributed by atoms with Crippen LogP contribution in [0.25, 0.3) is 0 Å². The molecule has 1 N–H and O–H groups in total. The second-order valence-corrected chi connectivity index (χ2v) is 4.76. The Kier molecular flexibility index (Phi) is 3.16. The number of hydrogen-bond donors (Lipinski definition) is 1. The predicted octanol–water partition coefficient (Wildman–Crippen LogP) is 2.81. The molecule has 0 radical (unpaired) electrons. The average Bonchev–Trinajstić information content (AvgIpc) is 2.04. The molecule has 0 aliphatic heterocycles. The summed E-state index contributed by atoms with van der Waals surface area (Å²) < 4.78 is 0. The van der Waals surface area contributed by atoms with Crippen LogP contribution in [0.3, 0.4) is 0 Å². The van der Waals surface area contributed by atoms with Crippen LogP contribution in [0, 0.1) is 11.8 Å². The van der Waals surface area contributed by atoms with Crippen LogP contribution < -0.4 is 5.32 Å². The van der Waals surface area contributed by atoms with E-state index in [2.05, 4.69) is 33.1 Å². The van der Waals surface area contributed by atoms with Crippen molar-refractivity contribution in [2.24, 2.45) is 11.8 Å². The second-order valence-electron chi connectivity index (χ2n) is 4.76. The fourth-order valence-corrected chi connectivity index (χ4v) is 2.63. The largest absolute Gasteiger partial charge is 0.314 e. The van der Waals surface area contributed by atoms with Crippen LogP contribution in [0.2, 0.25) is 0 Å². The van der Waals surface area contributed by atoms with Crippen molar-refractivity contribution in [3.05, 3.63) is 0 Å². The molecule has 1 rings (SSSR count). The van der Waals surface area contributed by atoms with E-state index in [-0.39, 0.29) is 0 Å². The third-order valence-electron chi connectivity index (χ3n) is 3.64. The van der Waals surface area contributed by atoms with Crippen LogP contribution >= 0.6 is 0 Å². The van der Waals surface area contributed by atoms with Gasteiger partial charge in [-0.2, -0.15) is 0 Å². The zero-order chi connectivity index (χ0) is 9.19. The molecule has 72 valence electrons. The van der Waals surface area contributed by atoms with Crippen molar-refractivity contribution in [1.82, 2.24) is 5.32 Å². The minimum atomic E-state index is 0.442. The highest BCUT2D eigenvalue weighted by Gasteiger charge is 2.35. The van der Waals surface area contributed by atoms with Gasteiger partial charge in [0.25, 0.3) is 0 Å². The number of hydrogen-bond acceptors (Lipinski definition) is 1. The van der Waals surface area contributed by atoms with Gasteiger partial charge in [0.05, 0.1) is 0 Å². The SMILES string of the molecule is CNC1(C(C)C)CCCC(C)C1. The molecule has 1 heteroatoms. The quantitative estimate of drug-likeness (QED) is 0.670. The van der Waals surface area contributed by atoms with E-state index < -0.39 is 0 Å². The molecule has 0 heterocycles. The summed E-state index contributed by atoms with van der Waals surface area (Å²) >= 11 is 0. The van der Waals surface area contributed by atoms with Crippen LogP contribution in [-0.2, 0) is 0 Å². The molecule has 0 aromatic rings. The van der Waals surface area contributed by atoms with Gasteiger partial charge in [0, 0.05) is 5.54 Å². The molecular weight excluding hydrogens is 146 g/mol. The van der Waals surface area contributed by atoms with Gasteiger partial charge in [-0.15, -0.1) is 0 Å². The molecule has 0 aromatic carbocycles. The maximum absolute atomic E-state index is 3.55. The first kappa shape index (κ1) is 10.0. The van der Waals surface area contributed by atoms with Gasteiger partial charge < -0.3 is 5.32 Å². The zero-order valence-electron chi connectivity index (χ0n) is 8.98. The fourth-order valence-electron chi connectivity index (χ4n) is 2.63. The lowest BCUT2D eigenvalue weighted by Crippen LogP contribution is -2.50. The van der Waals surface area contributed by atoms with Crippen molar-refractivity contribution in [3.8, 4) is 0 Å². The average molecular weight is 169 g/mol. The van der Waals surface area contributed by atoms with Gasteiger partial charge in [-0.05, 0) is 31.7 Å². The van der Waals surface area contributed by atoms with Crippen LogP contribution in [0.15, 0.2) is 0 Å². The molecule has 1 nitrogen and oxygen atoms in total. The van der Waals surface area contributed by atoms with Gasteiger partial charge in [0.1, 0.15) is 0 Å². The molecule has 1 fully saturated rings. The summed E-state index contributed by atoms with van der Waals surface area (Å²) in [6.07, 6.45) is 5.56. The highest BCUT2D eigenvalue weighted by molar-refractivity contribution is 4.93. The summed E-state index contributed by atoms with van der Waals surface area (Å²) in [4.78, 5) is 0. The lowest BCUT2D eigenvalue weighted by Gasteiger charge is -2.43. The van der Waals surface area contributed by atoms with Gasteiger partial charge in [0.2, 0.25) is 0 Å². The fraction of sp³-hybridized carbons (Fsp3) is 1.00. The predicted molar refractivity (Wildman–Crippen MR) is 54.3 cm³/mol. The summed E-state index contributed by atoms with van der Waals surface area (Å²) in [7, 11) is 2.12. The Labute approximate surface area is 76.9 Å². The molecule has 0 amide bonds. The Bertz CT molecular complexity index is 142. The molecule has 2 atom stereocenters. The van der Waals surface area contributed by atoms with Crippen LogP contribution in [0.1, 0.15) is 46.5 Å². The van der Waals surface area contributed by atoms with Gasteiger partial charge in [0.15, 0.2) is 0 Å². The van der Waals surface area contributed by atoms with Gasteiger partial charge in [-0.1, -0.05) is 33.6 Å². The standard InChI is InChI=1S/C11H23N/c1-9(2)11(12-4)7-5-6-10(3)8-11/h9-10,12H,5-8H2,1-4H3. The second kappa shape index (κ2) is 3.78. The Balaban J connectivity index is 2.64. The van der Waals surface area contributed by atoms with Crippen LogP contribution in [0.5, 0.6) is 0 Å². The first-order valence-electron chi connectivity index (χ1n) is 5.29. The van der Waals surface area contributed by atoms with Crippen molar-refractivity contribution < 1.29 is 0 Å². The van der Waals surface area contributed by atoms with E-state index in [1.807, 2.05) is 0 Å². The number of nitrogens with one attached hydrogen (secondary N) is 1. The van der Waals surface area contributed by atoms with Gasteiger partial charge in [-0.25, -0.2) is 0 Å². The molecular formula is C11H23N. The van der Waals surface area contributed by atoms with E-state index in [0.29, 0.717) is 5.54 Å². The maximum Gasteiger partial charge on any atom is 0.0203 e. The minimum Gasteiger partial charge on any atom is -0.314 e. The smallest absolute Gasteiger partial charge is 0.0203 e. The Morgan fingerprint density at radius 2 is 2.08 bits per heavy atom. The first-order valence-corrected chi connectivity index (χ1v) is 5.29. The Morgan fingerprint density at radius 1 is 1.42 bits per heavy atom. The van der Waals surface area contributed by atoms with E-state index >= 15 is 0 Å². The Hall–Kier alpha value is -0.0400. The zero-order valence-corrected chi connectivity index (χ0v) is 8.98. The van der Waals surface area contributed by atoms with Crippen molar-refractivity contribution in [3.63, 3.8) is 0 Å². The van der Waals surface area contributed by atoms with Gasteiger partial charge >= 0.3 is 0 Å². The topological polar surface area (TPSA) is 12.0 Å². The molecule has 0 saturated heterocycles. The van der Waals surface area contributed by atoms with E-state index in [9.17, 15) is 0 Å². The lowest BCUT2D eigenvalue weighted by molar-refractivity contribution is 0.143. The van der Waals surface area contributed by atoms with E-state index in [4.69, 9.17) is 0 Å². The number of rotatable bonds is 2. The van der Waals surface area contributed by atoms with Crippen LogP contribution in [-0.4, -0.2) is 12.6 Å². The molecule has 1 aliphatic rings. The van der Waals surface area contributed by atoms with Crippen molar-refractivity contribution in [2.75, 3.05) is 7.05 Å². The van der Waals surface area contributed by atoms with E-state index in [1.54, 1.807) is 0 Å². The van der Waals surface area contributed by atoms with Crippen molar-refractivity contribution in [2.45, 2.75) is 52.0 Å². The van der Waals surface area contributed by atoms with Crippen molar-refractivity contribution >= 4 is 0 Å². The maximum atomic E-state index is 3.55. The normalized spacial score (nSPS) is 37.2. The summed E-state index contributed by atoms with van der Waals surface area (Å²) in [5.74, 6) is 1.68. The first-order chi connectivity index (χ1) is 5.60. The monoisotopic (exact) mass is 169 g/mol. The molecule has 0 aromatic heterocycles. The third kappa shape index (κ3) is 1.82. The molecule has 2 unspecified atom stereocenters. The molecule has 0 bridgehead atoms. The molecule has 0 spiro atoms. The highest BCUT2D eigenvalue weighted by Crippen LogP contribution is 2.36. The summed E-state index contributed by atoms with van der Waals surface area (Å²) in [6, 6.07) is 0. The minimum absolute atomic E-state index is 0.442. The molecule has 12 heavy (non-hydrogen) atoms. The Morgan fingerprint density at radius 3 is 2.42 bits per heavy atom. The van der Waals surface area contributed by atoms with Gasteiger partial charge in [-0.3, -0.25) is 0 Å². The summed E-state index contributed by atoms with van der Waals surface area (Å²) in [6.45, 7) is 7.07. The lowest BCUT2D eigenvalue weighted by atomic mass is 9.70. The van der Waals surface area contributed by atoms with Crippen molar-refractivity contribution in [1.29, 1.82) is 0 Å². The van der Waals surface area contributed by atoms with E-state index in [1.165, 1.54) is 25.7 Å². The molecule has 1 saturated carbocycles. The molecule has 1 aliphatic carbocycles. The summed E-state index contributed by atoms with van der Waals surface area (Å²) in [5.41, 5.74) is 0.442. The third-order valence-corrected chi connectivity index (χ3v) is 3.64.